The van der Waals surface area contributed by atoms with Crippen LogP contribution < -0.4 is 15.4 Å². The van der Waals surface area contributed by atoms with E-state index in [-0.39, 0.29) is 18.1 Å². The lowest BCUT2D eigenvalue weighted by Gasteiger charge is -2.23. The molecule has 9 nitrogen and oxygen atoms in total. The van der Waals surface area contributed by atoms with Crippen molar-refractivity contribution in [1.82, 2.24) is 20.4 Å². The highest BCUT2D eigenvalue weighted by Gasteiger charge is 2.38. The van der Waals surface area contributed by atoms with E-state index < -0.39 is 12.1 Å². The Morgan fingerprint density at radius 2 is 1.97 bits per heavy atom. The Bertz CT molecular complexity index is 991. The van der Waals surface area contributed by atoms with Gasteiger partial charge in [0.1, 0.15) is 11.4 Å². The van der Waals surface area contributed by atoms with Crippen molar-refractivity contribution >= 4 is 11.9 Å². The van der Waals surface area contributed by atoms with E-state index in [0.29, 0.717) is 31.8 Å². The molecule has 1 aliphatic rings. The molecular weight excluding hydrogens is 457 g/mol. The summed E-state index contributed by atoms with van der Waals surface area (Å²) < 4.78 is 44.7. The zero-order chi connectivity index (χ0) is 25.5. The quantitative estimate of drug-likeness (QED) is 0.551. The number of amides is 1. The van der Waals surface area contributed by atoms with E-state index in [1.165, 1.54) is 0 Å². The molecule has 3 rings (SSSR count). The molecule has 34 heavy (non-hydrogen) atoms. The second-order valence-corrected chi connectivity index (χ2v) is 7.91. The van der Waals surface area contributed by atoms with Crippen LogP contribution in [0.1, 0.15) is 41.2 Å². The van der Waals surface area contributed by atoms with Gasteiger partial charge in [-0.25, -0.2) is 4.79 Å². The van der Waals surface area contributed by atoms with Gasteiger partial charge in [-0.1, -0.05) is 18.2 Å². The number of carbonyl (C=O) groups excluding carboxylic acids is 1. The van der Waals surface area contributed by atoms with Gasteiger partial charge in [0, 0.05) is 43.7 Å². The number of aliphatic carboxylic acids is 1. The van der Waals surface area contributed by atoms with Gasteiger partial charge in [-0.05, 0) is 19.9 Å². The SMILES string of the molecule is COc1ccccc1CNCC1Cc2c(nn(C)c2C(=O)NC(C)C)CO1.O=C(O)C(F)(F)F. The molecule has 1 unspecified atom stereocenters. The minimum Gasteiger partial charge on any atom is -0.496 e. The number of alkyl halides is 3. The van der Waals surface area contributed by atoms with Crippen LogP contribution in [0.3, 0.4) is 0 Å². The average molecular weight is 486 g/mol. The summed E-state index contributed by atoms with van der Waals surface area (Å²) >= 11 is 0. The van der Waals surface area contributed by atoms with E-state index in [9.17, 15) is 18.0 Å². The first kappa shape index (κ1) is 27.1. The molecule has 1 amide bonds. The zero-order valence-electron chi connectivity index (χ0n) is 19.4. The Hall–Kier alpha value is -3.12. The molecule has 0 saturated heterocycles. The molecule has 0 saturated carbocycles. The van der Waals surface area contributed by atoms with E-state index in [0.717, 1.165) is 22.6 Å². The van der Waals surface area contributed by atoms with E-state index >= 15 is 0 Å². The van der Waals surface area contributed by atoms with Crippen LogP contribution in [-0.4, -0.2) is 58.7 Å². The summed E-state index contributed by atoms with van der Waals surface area (Å²) in [4.78, 5) is 21.4. The summed E-state index contributed by atoms with van der Waals surface area (Å²) in [7, 11) is 3.49. The Morgan fingerprint density at radius 3 is 2.56 bits per heavy atom. The van der Waals surface area contributed by atoms with Gasteiger partial charge >= 0.3 is 12.1 Å². The molecule has 2 heterocycles. The summed E-state index contributed by atoms with van der Waals surface area (Å²) in [6.45, 7) is 5.73. The maximum atomic E-state index is 12.5. The summed E-state index contributed by atoms with van der Waals surface area (Å²) in [5, 5.41) is 18.0. The predicted octanol–water partition coefficient (Wildman–Crippen LogP) is 2.43. The van der Waals surface area contributed by atoms with Crippen molar-refractivity contribution in [3.8, 4) is 5.75 Å². The van der Waals surface area contributed by atoms with Crippen molar-refractivity contribution in [2.75, 3.05) is 13.7 Å². The first-order valence-electron chi connectivity index (χ1n) is 10.5. The molecule has 1 aliphatic heterocycles. The van der Waals surface area contributed by atoms with Crippen molar-refractivity contribution in [3.05, 3.63) is 46.8 Å². The van der Waals surface area contributed by atoms with Crippen molar-refractivity contribution < 1.29 is 37.3 Å². The number of benzene rings is 1. The smallest absolute Gasteiger partial charge is 0.490 e. The van der Waals surface area contributed by atoms with E-state index in [1.54, 1.807) is 11.8 Å². The highest BCUT2D eigenvalue weighted by Crippen LogP contribution is 2.24. The molecule has 3 N–H and O–H groups in total. The second-order valence-electron chi connectivity index (χ2n) is 7.91. The number of aromatic nitrogens is 2. The third-order valence-corrected chi connectivity index (χ3v) is 4.87. The summed E-state index contributed by atoms with van der Waals surface area (Å²) in [5.74, 6) is -1.96. The van der Waals surface area contributed by atoms with Crippen LogP contribution in [0.4, 0.5) is 13.2 Å². The Kier molecular flexibility index (Phi) is 9.45. The van der Waals surface area contributed by atoms with Crippen molar-refractivity contribution in [1.29, 1.82) is 0 Å². The van der Waals surface area contributed by atoms with E-state index in [2.05, 4.69) is 15.7 Å². The maximum absolute atomic E-state index is 12.5. The lowest BCUT2D eigenvalue weighted by molar-refractivity contribution is -0.192. The van der Waals surface area contributed by atoms with Crippen LogP contribution in [0.15, 0.2) is 24.3 Å². The van der Waals surface area contributed by atoms with Crippen molar-refractivity contribution in [3.63, 3.8) is 0 Å². The minimum atomic E-state index is -5.08. The number of carbonyl (C=O) groups is 2. The van der Waals surface area contributed by atoms with Crippen LogP contribution in [-0.2, 0) is 36.2 Å². The number of ether oxygens (including phenoxy) is 2. The number of halogens is 3. The molecule has 0 spiro atoms. The standard InChI is InChI=1S/C20H28N4O3.C2HF3O2/c1-13(2)22-20(25)19-16-9-15(27-12-17(16)23-24(19)3)11-21-10-14-7-5-6-8-18(14)26-4;3-2(4,5)1(6)7/h5-8,13,15,21H,9-12H2,1-4H3,(H,22,25);(H,6,7). The fourth-order valence-corrected chi connectivity index (χ4v) is 3.40. The minimum absolute atomic E-state index is 0.00186. The molecule has 12 heteroatoms. The number of nitrogens with one attached hydrogen (secondary N) is 2. The second kappa shape index (κ2) is 11.8. The molecule has 0 radical (unpaired) electrons. The predicted molar refractivity (Wildman–Crippen MR) is 116 cm³/mol. The number of carboxylic acids is 1. The number of hydrogen-bond acceptors (Lipinski definition) is 6. The van der Waals surface area contributed by atoms with Crippen molar-refractivity contribution in [2.24, 2.45) is 7.05 Å². The Morgan fingerprint density at radius 1 is 1.32 bits per heavy atom. The highest BCUT2D eigenvalue weighted by atomic mass is 19.4. The van der Waals surface area contributed by atoms with Crippen molar-refractivity contribution in [2.45, 2.75) is 51.7 Å². The van der Waals surface area contributed by atoms with Crippen LogP contribution in [0.2, 0.25) is 0 Å². The number of para-hydroxylation sites is 1. The molecule has 1 aromatic carbocycles. The third-order valence-electron chi connectivity index (χ3n) is 4.87. The molecule has 2 aromatic rings. The lowest BCUT2D eigenvalue weighted by Crippen LogP contribution is -2.35. The van der Waals surface area contributed by atoms with Gasteiger partial charge in [0.05, 0.1) is 25.5 Å². The largest absolute Gasteiger partial charge is 0.496 e. The molecule has 0 aliphatic carbocycles. The average Bonchev–Trinajstić information content (AvgIpc) is 3.08. The Balaban J connectivity index is 0.000000509. The number of aryl methyl sites for hydroxylation is 1. The van der Waals surface area contributed by atoms with E-state index in [4.69, 9.17) is 19.4 Å². The van der Waals surface area contributed by atoms with Crippen LogP contribution in [0, 0.1) is 0 Å². The fourth-order valence-electron chi connectivity index (χ4n) is 3.40. The number of fused-ring (bicyclic) bond motifs is 1. The summed E-state index contributed by atoms with van der Waals surface area (Å²) in [6, 6.07) is 8.04. The van der Waals surface area contributed by atoms with Gasteiger partial charge < -0.3 is 25.2 Å². The van der Waals surface area contributed by atoms with Gasteiger partial charge in [-0.2, -0.15) is 18.3 Å². The number of hydrogen-bond donors (Lipinski definition) is 3. The van der Waals surface area contributed by atoms with Crippen LogP contribution in [0.25, 0.3) is 0 Å². The normalized spacial score (nSPS) is 15.2. The lowest BCUT2D eigenvalue weighted by atomic mass is 10.0. The van der Waals surface area contributed by atoms with Gasteiger partial charge in [0.2, 0.25) is 0 Å². The fraction of sp³-hybridized carbons (Fsp3) is 0.500. The number of rotatable bonds is 7. The molecule has 1 atom stereocenters. The first-order valence-corrected chi connectivity index (χ1v) is 10.5. The van der Waals surface area contributed by atoms with Gasteiger partial charge in [-0.3, -0.25) is 9.48 Å². The van der Waals surface area contributed by atoms with Gasteiger partial charge in [0.15, 0.2) is 0 Å². The summed E-state index contributed by atoms with van der Waals surface area (Å²) in [5.41, 5.74) is 3.59. The number of methoxy groups -OCH3 is 1. The first-order chi connectivity index (χ1) is 15.9. The highest BCUT2D eigenvalue weighted by molar-refractivity contribution is 5.94. The molecule has 188 valence electrons. The van der Waals surface area contributed by atoms with Gasteiger partial charge in [-0.15, -0.1) is 0 Å². The van der Waals surface area contributed by atoms with Crippen LogP contribution >= 0.6 is 0 Å². The topological polar surface area (TPSA) is 115 Å². The number of nitrogens with zero attached hydrogens (tertiary/aromatic N) is 2. The maximum Gasteiger partial charge on any atom is 0.490 e. The molecule has 0 fully saturated rings. The molecule has 0 bridgehead atoms. The molecular formula is C22H29F3N4O5. The van der Waals surface area contributed by atoms with E-state index in [1.807, 2.05) is 45.2 Å². The molecule has 1 aromatic heterocycles. The van der Waals surface area contributed by atoms with Crippen LogP contribution in [0.5, 0.6) is 5.75 Å². The number of carboxylic acid groups (broad SMARTS) is 1. The Labute approximate surface area is 195 Å². The summed E-state index contributed by atoms with van der Waals surface area (Å²) in [6.07, 6.45) is -4.41. The zero-order valence-corrected chi connectivity index (χ0v) is 19.4. The van der Waals surface area contributed by atoms with Gasteiger partial charge in [0.25, 0.3) is 5.91 Å². The third kappa shape index (κ3) is 7.45. The monoisotopic (exact) mass is 486 g/mol.